The second kappa shape index (κ2) is 8.49. The molecule has 8 heteroatoms. The summed E-state index contributed by atoms with van der Waals surface area (Å²) in [6.07, 6.45) is 3.53. The number of aromatic amines is 1. The summed E-state index contributed by atoms with van der Waals surface area (Å²) in [5.74, 6) is 1.07. The van der Waals surface area contributed by atoms with Crippen molar-refractivity contribution in [1.82, 2.24) is 19.8 Å². The molecule has 0 radical (unpaired) electrons. The number of carbonyl (C=O) groups is 2. The molecule has 2 aromatic rings. The van der Waals surface area contributed by atoms with E-state index in [-0.39, 0.29) is 23.3 Å². The molecule has 2 aliphatic heterocycles. The number of carbonyl (C=O) groups excluding carboxylic acids is 2. The van der Waals surface area contributed by atoms with Crippen molar-refractivity contribution in [3.05, 3.63) is 49.8 Å². The van der Waals surface area contributed by atoms with Crippen molar-refractivity contribution in [3.8, 4) is 0 Å². The number of hydrogen-bond donors (Lipinski definition) is 1. The van der Waals surface area contributed by atoms with E-state index in [4.69, 9.17) is 4.98 Å². The zero-order chi connectivity index (χ0) is 20.4. The predicted octanol–water partition coefficient (Wildman–Crippen LogP) is 2.54. The van der Waals surface area contributed by atoms with Crippen LogP contribution in [0.5, 0.6) is 0 Å². The van der Waals surface area contributed by atoms with Gasteiger partial charge in [0, 0.05) is 38.4 Å². The third-order valence-electron chi connectivity index (χ3n) is 5.80. The van der Waals surface area contributed by atoms with Crippen molar-refractivity contribution < 1.29 is 9.59 Å². The van der Waals surface area contributed by atoms with E-state index in [9.17, 15) is 14.4 Å². The summed E-state index contributed by atoms with van der Waals surface area (Å²) in [5, 5.41) is 1.92. The number of likely N-dealkylation sites (tertiary alicyclic amines) is 1. The van der Waals surface area contributed by atoms with Crippen LogP contribution in [-0.2, 0) is 17.8 Å². The lowest BCUT2D eigenvalue weighted by Gasteiger charge is -2.32. The third-order valence-corrected chi connectivity index (χ3v) is 6.66. The summed E-state index contributed by atoms with van der Waals surface area (Å²) in [7, 11) is 0. The standard InChI is InChI=1S/C21H26N4O3S/c1-2-4-18(26)25-11-8-16-15(13-25)20(27)23-19(22-16)14-6-9-24(10-7-14)21(28)17-5-3-12-29-17/h3,5,12,14H,2,4,6-11,13H2,1H3,(H,22,23,27). The van der Waals surface area contributed by atoms with Gasteiger partial charge in [0.1, 0.15) is 5.82 Å². The van der Waals surface area contributed by atoms with Gasteiger partial charge in [-0.05, 0) is 30.7 Å². The lowest BCUT2D eigenvalue weighted by atomic mass is 9.95. The topological polar surface area (TPSA) is 86.4 Å². The molecule has 1 fully saturated rings. The highest BCUT2D eigenvalue weighted by Crippen LogP contribution is 2.27. The van der Waals surface area contributed by atoms with Gasteiger partial charge < -0.3 is 14.8 Å². The molecule has 0 aliphatic carbocycles. The Bertz CT molecular complexity index is 945. The van der Waals surface area contributed by atoms with E-state index < -0.39 is 0 Å². The first-order valence-electron chi connectivity index (χ1n) is 10.3. The number of hydrogen-bond acceptors (Lipinski definition) is 5. The summed E-state index contributed by atoms with van der Waals surface area (Å²) >= 11 is 1.47. The molecule has 4 heterocycles. The van der Waals surface area contributed by atoms with Gasteiger partial charge in [-0.3, -0.25) is 14.4 Å². The zero-order valence-electron chi connectivity index (χ0n) is 16.6. The molecular weight excluding hydrogens is 388 g/mol. The molecule has 0 aromatic carbocycles. The van der Waals surface area contributed by atoms with Crippen molar-refractivity contribution in [2.24, 2.45) is 0 Å². The molecule has 154 valence electrons. The highest BCUT2D eigenvalue weighted by atomic mass is 32.1. The van der Waals surface area contributed by atoms with Crippen molar-refractivity contribution in [2.75, 3.05) is 19.6 Å². The molecule has 0 saturated carbocycles. The maximum atomic E-state index is 12.7. The fraction of sp³-hybridized carbons (Fsp3) is 0.524. The Balaban J connectivity index is 1.43. The van der Waals surface area contributed by atoms with Gasteiger partial charge in [0.25, 0.3) is 11.5 Å². The summed E-state index contributed by atoms with van der Waals surface area (Å²) in [6, 6.07) is 3.75. The molecule has 0 atom stereocenters. The van der Waals surface area contributed by atoms with Crippen LogP contribution in [0.3, 0.4) is 0 Å². The molecule has 0 bridgehead atoms. The Morgan fingerprint density at radius 2 is 2.03 bits per heavy atom. The molecule has 4 rings (SSSR count). The minimum atomic E-state index is -0.129. The van der Waals surface area contributed by atoms with Crippen LogP contribution in [0.4, 0.5) is 0 Å². The largest absolute Gasteiger partial charge is 0.338 e. The Morgan fingerprint density at radius 3 is 2.72 bits per heavy atom. The van der Waals surface area contributed by atoms with Crippen LogP contribution in [-0.4, -0.2) is 51.2 Å². The monoisotopic (exact) mass is 414 g/mol. The number of H-pyrrole nitrogens is 1. The number of piperidine rings is 1. The van der Waals surface area contributed by atoms with Crippen molar-refractivity contribution in [1.29, 1.82) is 0 Å². The van der Waals surface area contributed by atoms with E-state index in [0.29, 0.717) is 44.6 Å². The van der Waals surface area contributed by atoms with Gasteiger partial charge in [0.05, 0.1) is 22.7 Å². The van der Waals surface area contributed by atoms with E-state index in [2.05, 4.69) is 4.98 Å². The van der Waals surface area contributed by atoms with E-state index >= 15 is 0 Å². The van der Waals surface area contributed by atoms with Gasteiger partial charge in [-0.25, -0.2) is 4.98 Å². The number of amides is 2. The average molecular weight is 415 g/mol. The van der Waals surface area contributed by atoms with Gasteiger partial charge in [0.2, 0.25) is 5.91 Å². The van der Waals surface area contributed by atoms with E-state index in [1.165, 1.54) is 11.3 Å². The second-order valence-corrected chi connectivity index (χ2v) is 8.68. The van der Waals surface area contributed by atoms with Crippen LogP contribution in [0.1, 0.15) is 65.3 Å². The Labute approximate surface area is 173 Å². The molecule has 2 aliphatic rings. The van der Waals surface area contributed by atoms with Crippen molar-refractivity contribution in [2.45, 2.75) is 51.5 Å². The van der Waals surface area contributed by atoms with Crippen molar-refractivity contribution in [3.63, 3.8) is 0 Å². The van der Waals surface area contributed by atoms with Crippen LogP contribution < -0.4 is 5.56 Å². The fourth-order valence-corrected chi connectivity index (χ4v) is 4.83. The summed E-state index contributed by atoms with van der Waals surface area (Å²) < 4.78 is 0. The third kappa shape index (κ3) is 4.12. The van der Waals surface area contributed by atoms with Crippen LogP contribution in [0.15, 0.2) is 22.3 Å². The number of rotatable bonds is 4. The first-order chi connectivity index (χ1) is 14.1. The maximum Gasteiger partial charge on any atom is 0.263 e. The second-order valence-electron chi connectivity index (χ2n) is 7.74. The summed E-state index contributed by atoms with van der Waals surface area (Å²) in [4.78, 5) is 49.5. The van der Waals surface area contributed by atoms with Gasteiger partial charge in [-0.2, -0.15) is 0 Å². The molecule has 7 nitrogen and oxygen atoms in total. The molecule has 1 N–H and O–H groups in total. The zero-order valence-corrected chi connectivity index (χ0v) is 17.5. The highest BCUT2D eigenvalue weighted by Gasteiger charge is 2.29. The van der Waals surface area contributed by atoms with Crippen LogP contribution in [0, 0.1) is 0 Å². The normalized spacial score (nSPS) is 17.3. The highest BCUT2D eigenvalue weighted by molar-refractivity contribution is 7.12. The number of fused-ring (bicyclic) bond motifs is 1. The van der Waals surface area contributed by atoms with Gasteiger partial charge >= 0.3 is 0 Å². The number of thiophene rings is 1. The number of nitrogens with one attached hydrogen (secondary N) is 1. The Morgan fingerprint density at radius 1 is 1.24 bits per heavy atom. The number of aromatic nitrogens is 2. The molecule has 29 heavy (non-hydrogen) atoms. The average Bonchev–Trinajstić information content (AvgIpc) is 3.28. The Kier molecular flexibility index (Phi) is 5.80. The first kappa shape index (κ1) is 19.8. The van der Waals surface area contributed by atoms with Crippen molar-refractivity contribution >= 4 is 23.2 Å². The molecule has 0 unspecified atom stereocenters. The van der Waals surface area contributed by atoms with Crippen LogP contribution in [0.25, 0.3) is 0 Å². The Hall–Kier alpha value is -2.48. The van der Waals surface area contributed by atoms with Crippen LogP contribution in [0.2, 0.25) is 0 Å². The SMILES string of the molecule is CCCC(=O)N1CCc2nc(C3CCN(C(=O)c4cccs4)CC3)[nH]c(=O)c2C1. The smallest absolute Gasteiger partial charge is 0.263 e. The minimum Gasteiger partial charge on any atom is -0.338 e. The molecular formula is C21H26N4O3S. The van der Waals surface area contributed by atoms with E-state index in [0.717, 1.165) is 35.7 Å². The van der Waals surface area contributed by atoms with Gasteiger partial charge in [0.15, 0.2) is 0 Å². The lowest BCUT2D eigenvalue weighted by Crippen LogP contribution is -2.41. The van der Waals surface area contributed by atoms with E-state index in [1.807, 2.05) is 29.3 Å². The van der Waals surface area contributed by atoms with E-state index in [1.54, 1.807) is 4.90 Å². The maximum absolute atomic E-state index is 12.7. The molecule has 0 spiro atoms. The summed E-state index contributed by atoms with van der Waals surface area (Å²) in [5.41, 5.74) is 1.31. The quantitative estimate of drug-likeness (QED) is 0.833. The van der Waals surface area contributed by atoms with Gasteiger partial charge in [-0.15, -0.1) is 11.3 Å². The van der Waals surface area contributed by atoms with Crippen LogP contribution >= 0.6 is 11.3 Å². The minimum absolute atomic E-state index is 0.0854. The molecule has 1 saturated heterocycles. The fourth-order valence-electron chi connectivity index (χ4n) is 4.13. The lowest BCUT2D eigenvalue weighted by molar-refractivity contribution is -0.132. The van der Waals surface area contributed by atoms with Gasteiger partial charge in [-0.1, -0.05) is 13.0 Å². The summed E-state index contributed by atoms with van der Waals surface area (Å²) in [6.45, 7) is 4.29. The molecule has 2 amide bonds. The molecule has 2 aromatic heterocycles. The first-order valence-corrected chi connectivity index (χ1v) is 11.2. The number of nitrogens with zero attached hydrogens (tertiary/aromatic N) is 3. The predicted molar refractivity (Wildman–Crippen MR) is 111 cm³/mol.